The van der Waals surface area contributed by atoms with Gasteiger partial charge in [-0.1, -0.05) is 23.6 Å². The summed E-state index contributed by atoms with van der Waals surface area (Å²) in [5.41, 5.74) is 5.84. The summed E-state index contributed by atoms with van der Waals surface area (Å²) < 4.78 is 7.04. The molecule has 0 radical (unpaired) electrons. The van der Waals surface area contributed by atoms with E-state index in [0.717, 1.165) is 15.9 Å². The van der Waals surface area contributed by atoms with E-state index in [4.69, 9.17) is 27.8 Å². The summed E-state index contributed by atoms with van der Waals surface area (Å²) in [6, 6.07) is 0. The molecule has 114 valence electrons. The van der Waals surface area contributed by atoms with Crippen molar-refractivity contribution in [2.75, 3.05) is 12.3 Å². The Bertz CT molecular complexity index is 799. The van der Waals surface area contributed by atoms with Crippen molar-refractivity contribution in [1.82, 2.24) is 14.5 Å². The number of aliphatic hydroxyl groups excluding tert-OH is 3. The van der Waals surface area contributed by atoms with Crippen LogP contribution in [0.3, 0.4) is 0 Å². The second-order valence-corrected chi connectivity index (χ2v) is 5.92. The number of fused-ring (bicyclic) bond motifs is 1. The van der Waals surface area contributed by atoms with Crippen LogP contribution in [0.15, 0.2) is 4.79 Å². The molecule has 1 saturated heterocycles. The molecule has 1 fully saturated rings. The molecule has 4 atom stereocenters. The largest absolute Gasteiger partial charge is 0.394 e. The molecule has 0 spiro atoms. The van der Waals surface area contributed by atoms with Gasteiger partial charge in [0.15, 0.2) is 16.8 Å². The fraction of sp³-hybridized carbons (Fsp3) is 0.500. The van der Waals surface area contributed by atoms with Crippen molar-refractivity contribution in [2.45, 2.75) is 24.5 Å². The molecular formula is C10H12N4O5S2. The van der Waals surface area contributed by atoms with Crippen molar-refractivity contribution in [1.29, 1.82) is 0 Å². The molecular weight excluding hydrogens is 320 g/mol. The van der Waals surface area contributed by atoms with Crippen LogP contribution in [0.5, 0.6) is 0 Å². The number of H-pyrrole nitrogens is 1. The highest BCUT2D eigenvalue weighted by Gasteiger charge is 2.44. The maximum Gasteiger partial charge on any atom is 0.311 e. The lowest BCUT2D eigenvalue weighted by molar-refractivity contribution is -0.0518. The maximum atomic E-state index is 12.1. The molecule has 0 saturated carbocycles. The predicted molar refractivity (Wildman–Crippen MR) is 76.5 cm³/mol. The van der Waals surface area contributed by atoms with Crippen molar-refractivity contribution >= 4 is 39.9 Å². The number of ether oxygens (including phenoxy) is 1. The maximum absolute atomic E-state index is 12.1. The van der Waals surface area contributed by atoms with Crippen LogP contribution in [-0.2, 0) is 4.74 Å². The summed E-state index contributed by atoms with van der Waals surface area (Å²) in [6.45, 7) is -0.481. The highest BCUT2D eigenvalue weighted by atomic mass is 32.1. The van der Waals surface area contributed by atoms with E-state index in [9.17, 15) is 15.0 Å². The zero-order chi connectivity index (χ0) is 15.3. The van der Waals surface area contributed by atoms with Gasteiger partial charge in [-0.25, -0.2) is 4.98 Å². The van der Waals surface area contributed by atoms with E-state index in [0.29, 0.717) is 4.70 Å². The van der Waals surface area contributed by atoms with Gasteiger partial charge in [0.05, 0.1) is 6.61 Å². The smallest absolute Gasteiger partial charge is 0.311 e. The molecule has 6 N–H and O–H groups in total. The molecule has 9 nitrogen and oxygen atoms in total. The number of nitrogens with two attached hydrogens (primary N) is 1. The standard InChI is InChI=1S/C10H12N4O5S2/c11-9-12-6-5(7(20)13-9)21-10(18)14(6)8-4(17)3(16)2(1-15)19-8/h2-4,8,15-17H,1H2,(H3,11,12,13,20)/t2-,3-,4-,8-/m1/s1. The summed E-state index contributed by atoms with van der Waals surface area (Å²) in [4.78, 5) is 18.3. The zero-order valence-electron chi connectivity index (χ0n) is 10.5. The molecule has 0 unspecified atom stereocenters. The van der Waals surface area contributed by atoms with E-state index in [1.165, 1.54) is 0 Å². The first-order chi connectivity index (χ1) is 9.93. The molecule has 3 rings (SSSR count). The Morgan fingerprint density at radius 1 is 1.48 bits per heavy atom. The minimum atomic E-state index is -1.37. The Hall–Kier alpha value is -1.37. The van der Waals surface area contributed by atoms with Gasteiger partial charge in [0.1, 0.15) is 28.7 Å². The Balaban J connectivity index is 2.20. The molecule has 1 aliphatic heterocycles. The van der Waals surface area contributed by atoms with Crippen LogP contribution < -0.4 is 10.6 Å². The number of rotatable bonds is 2. The molecule has 0 aliphatic carbocycles. The first-order valence-corrected chi connectivity index (χ1v) is 7.19. The number of hydrogen-bond acceptors (Lipinski definition) is 9. The fourth-order valence-corrected chi connectivity index (χ4v) is 3.45. The summed E-state index contributed by atoms with van der Waals surface area (Å²) in [5, 5.41) is 28.9. The third-order valence-corrected chi connectivity index (χ3v) is 4.66. The SMILES string of the molecule is Nc1nc(=S)c2sc(=O)n([C@@H]3O[C@H](CO)[C@@H](O)[C@H]3O)c2[nH]1. The van der Waals surface area contributed by atoms with Crippen LogP contribution in [-0.4, -0.2) is 54.8 Å². The number of thiazole rings is 1. The second kappa shape index (κ2) is 5.12. The van der Waals surface area contributed by atoms with E-state index >= 15 is 0 Å². The first-order valence-electron chi connectivity index (χ1n) is 5.97. The van der Waals surface area contributed by atoms with Gasteiger partial charge in [-0.15, -0.1) is 0 Å². The monoisotopic (exact) mass is 332 g/mol. The van der Waals surface area contributed by atoms with Crippen LogP contribution in [0, 0.1) is 4.64 Å². The molecule has 0 aromatic carbocycles. The number of nitrogens with one attached hydrogen (secondary N) is 1. The Labute approximate surface area is 126 Å². The molecule has 21 heavy (non-hydrogen) atoms. The van der Waals surface area contributed by atoms with Gasteiger partial charge in [0, 0.05) is 0 Å². The van der Waals surface area contributed by atoms with Crippen LogP contribution in [0.2, 0.25) is 0 Å². The first kappa shape index (κ1) is 14.6. The van der Waals surface area contributed by atoms with Gasteiger partial charge < -0.3 is 30.8 Å². The Morgan fingerprint density at radius 2 is 2.19 bits per heavy atom. The van der Waals surface area contributed by atoms with E-state index in [1.807, 2.05) is 0 Å². The van der Waals surface area contributed by atoms with Crippen LogP contribution in [0.1, 0.15) is 6.23 Å². The Morgan fingerprint density at radius 3 is 2.81 bits per heavy atom. The molecule has 11 heteroatoms. The van der Waals surface area contributed by atoms with E-state index < -0.39 is 36.0 Å². The van der Waals surface area contributed by atoms with Crippen molar-refractivity contribution in [3.8, 4) is 0 Å². The molecule has 2 aromatic rings. The topological polar surface area (TPSA) is 147 Å². The van der Waals surface area contributed by atoms with E-state index in [1.54, 1.807) is 0 Å². The number of nitrogens with zero attached hydrogens (tertiary/aromatic N) is 2. The number of nitrogen functional groups attached to an aromatic ring is 1. The molecule has 2 aromatic heterocycles. The Kier molecular flexibility index (Phi) is 3.55. The number of aliphatic hydroxyl groups is 3. The minimum Gasteiger partial charge on any atom is -0.394 e. The van der Waals surface area contributed by atoms with Gasteiger partial charge in [-0.05, 0) is 0 Å². The van der Waals surface area contributed by atoms with Crippen LogP contribution in [0.4, 0.5) is 5.95 Å². The van der Waals surface area contributed by atoms with Gasteiger partial charge in [-0.3, -0.25) is 9.36 Å². The van der Waals surface area contributed by atoms with E-state index in [2.05, 4.69) is 9.97 Å². The summed E-state index contributed by atoms with van der Waals surface area (Å²) in [6.07, 6.45) is -4.79. The van der Waals surface area contributed by atoms with Crippen molar-refractivity contribution < 1.29 is 20.1 Å². The highest BCUT2D eigenvalue weighted by Crippen LogP contribution is 2.31. The second-order valence-electron chi connectivity index (χ2n) is 4.57. The number of anilines is 1. The van der Waals surface area contributed by atoms with Crippen LogP contribution in [0.25, 0.3) is 10.3 Å². The molecule has 0 bridgehead atoms. The van der Waals surface area contributed by atoms with Crippen molar-refractivity contribution in [3.05, 3.63) is 14.3 Å². The normalized spacial score (nSPS) is 29.3. The summed E-state index contributed by atoms with van der Waals surface area (Å²) in [7, 11) is 0. The van der Waals surface area contributed by atoms with Gasteiger partial charge in [-0.2, -0.15) is 0 Å². The lowest BCUT2D eigenvalue weighted by atomic mass is 10.1. The minimum absolute atomic E-state index is 0.0193. The summed E-state index contributed by atoms with van der Waals surface area (Å²) in [5.74, 6) is 0.0193. The predicted octanol–water partition coefficient (Wildman–Crippen LogP) is -1.29. The van der Waals surface area contributed by atoms with Crippen LogP contribution >= 0.6 is 23.6 Å². The highest BCUT2D eigenvalue weighted by molar-refractivity contribution is 7.71. The van der Waals surface area contributed by atoms with Gasteiger partial charge in [0.25, 0.3) is 0 Å². The lowest BCUT2D eigenvalue weighted by Gasteiger charge is -2.16. The van der Waals surface area contributed by atoms with Crippen molar-refractivity contribution in [3.63, 3.8) is 0 Å². The number of aromatic nitrogens is 3. The van der Waals surface area contributed by atoms with Gasteiger partial charge >= 0.3 is 4.87 Å². The molecule has 0 amide bonds. The number of aromatic amines is 1. The average molecular weight is 332 g/mol. The third kappa shape index (κ3) is 2.18. The van der Waals surface area contributed by atoms with Gasteiger partial charge in [0.2, 0.25) is 0 Å². The quantitative estimate of drug-likeness (QED) is 0.427. The van der Waals surface area contributed by atoms with Crippen molar-refractivity contribution in [2.24, 2.45) is 0 Å². The molecule has 3 heterocycles. The molecule has 1 aliphatic rings. The lowest BCUT2D eigenvalue weighted by Crippen LogP contribution is -2.34. The zero-order valence-corrected chi connectivity index (χ0v) is 12.1. The van der Waals surface area contributed by atoms with E-state index in [-0.39, 0.29) is 16.2 Å². The fourth-order valence-electron chi connectivity index (χ4n) is 2.28. The third-order valence-electron chi connectivity index (χ3n) is 3.28. The average Bonchev–Trinajstić information content (AvgIpc) is 2.89. The number of hydrogen-bond donors (Lipinski definition) is 5. The summed E-state index contributed by atoms with van der Waals surface area (Å²) >= 11 is 5.87.